The SMILES string of the molecule is O=C(CSc1nc2ccc(Cl)cc2o1)NCCc1ccc(Cl)cc1. The minimum atomic E-state index is -0.0609. The molecule has 3 aromatic rings. The average molecular weight is 381 g/mol. The summed E-state index contributed by atoms with van der Waals surface area (Å²) >= 11 is 13.0. The predicted octanol–water partition coefficient (Wildman–Crippen LogP) is 4.59. The molecule has 1 amide bonds. The van der Waals surface area contributed by atoms with Crippen LogP contribution in [0, 0.1) is 0 Å². The molecule has 0 radical (unpaired) electrons. The molecule has 0 atom stereocenters. The Morgan fingerprint density at radius 3 is 2.67 bits per heavy atom. The number of benzene rings is 2. The van der Waals surface area contributed by atoms with E-state index in [9.17, 15) is 4.79 Å². The van der Waals surface area contributed by atoms with E-state index in [0.29, 0.717) is 27.4 Å². The maximum atomic E-state index is 11.9. The number of fused-ring (bicyclic) bond motifs is 1. The number of halogens is 2. The number of carbonyl (C=O) groups excluding carboxylic acids is 1. The maximum Gasteiger partial charge on any atom is 0.257 e. The van der Waals surface area contributed by atoms with E-state index in [-0.39, 0.29) is 11.7 Å². The summed E-state index contributed by atoms with van der Waals surface area (Å²) in [5.41, 5.74) is 2.47. The molecule has 0 saturated heterocycles. The summed E-state index contributed by atoms with van der Waals surface area (Å²) in [6.45, 7) is 0.574. The third-order valence-corrected chi connectivity index (χ3v) is 4.62. The van der Waals surface area contributed by atoms with Gasteiger partial charge in [0.2, 0.25) is 5.91 Å². The zero-order valence-corrected chi connectivity index (χ0v) is 14.9. The normalized spacial score (nSPS) is 10.9. The van der Waals surface area contributed by atoms with Crippen molar-refractivity contribution in [3.8, 4) is 0 Å². The summed E-state index contributed by atoms with van der Waals surface area (Å²) in [6, 6.07) is 12.8. The second-order valence-electron chi connectivity index (χ2n) is 5.11. The van der Waals surface area contributed by atoms with Crippen molar-refractivity contribution in [2.24, 2.45) is 0 Å². The first kappa shape index (κ1) is 17.1. The Balaban J connectivity index is 1.45. The van der Waals surface area contributed by atoms with Crippen LogP contribution >= 0.6 is 35.0 Å². The van der Waals surface area contributed by atoms with Crippen molar-refractivity contribution >= 4 is 52.0 Å². The fraction of sp³-hybridized carbons (Fsp3) is 0.176. The first-order chi connectivity index (χ1) is 11.6. The Kier molecular flexibility index (Phi) is 5.66. The molecule has 0 spiro atoms. The average Bonchev–Trinajstić information content (AvgIpc) is 2.97. The highest BCUT2D eigenvalue weighted by Crippen LogP contribution is 2.25. The van der Waals surface area contributed by atoms with Gasteiger partial charge in [-0.2, -0.15) is 0 Å². The van der Waals surface area contributed by atoms with Gasteiger partial charge in [-0.05, 0) is 36.2 Å². The van der Waals surface area contributed by atoms with Crippen LogP contribution in [0.25, 0.3) is 11.1 Å². The molecule has 0 aliphatic carbocycles. The lowest BCUT2D eigenvalue weighted by molar-refractivity contribution is -0.118. The van der Waals surface area contributed by atoms with Gasteiger partial charge in [0.15, 0.2) is 5.58 Å². The van der Waals surface area contributed by atoms with E-state index in [1.54, 1.807) is 18.2 Å². The van der Waals surface area contributed by atoms with Crippen LogP contribution in [0.1, 0.15) is 5.56 Å². The second kappa shape index (κ2) is 7.92. The molecule has 0 bridgehead atoms. The van der Waals surface area contributed by atoms with Crippen LogP contribution in [0.5, 0.6) is 0 Å². The number of thioether (sulfide) groups is 1. The monoisotopic (exact) mass is 380 g/mol. The summed E-state index contributed by atoms with van der Waals surface area (Å²) in [6.07, 6.45) is 0.759. The molecule has 1 heterocycles. The summed E-state index contributed by atoms with van der Waals surface area (Å²) in [7, 11) is 0. The molecule has 2 aromatic carbocycles. The van der Waals surface area contributed by atoms with Gasteiger partial charge >= 0.3 is 0 Å². The Morgan fingerprint density at radius 2 is 1.88 bits per heavy atom. The standard InChI is InChI=1S/C17H14Cl2N2O2S/c18-12-3-1-11(2-4-12)7-8-20-16(22)10-24-17-21-14-6-5-13(19)9-15(14)23-17/h1-6,9H,7-8,10H2,(H,20,22). The fourth-order valence-corrected chi connectivity index (χ4v) is 3.07. The van der Waals surface area contributed by atoms with E-state index >= 15 is 0 Å². The Labute approximate surface area is 153 Å². The number of hydrogen-bond acceptors (Lipinski definition) is 4. The molecule has 0 aliphatic rings. The van der Waals surface area contributed by atoms with Crippen molar-refractivity contribution in [3.63, 3.8) is 0 Å². The van der Waals surface area contributed by atoms with Crippen LogP contribution in [0.15, 0.2) is 52.1 Å². The number of oxazole rings is 1. The van der Waals surface area contributed by atoms with Crippen molar-refractivity contribution in [1.29, 1.82) is 0 Å². The number of nitrogens with one attached hydrogen (secondary N) is 1. The second-order valence-corrected chi connectivity index (χ2v) is 6.91. The minimum absolute atomic E-state index is 0.0609. The first-order valence-corrected chi connectivity index (χ1v) is 9.04. The van der Waals surface area contributed by atoms with Crippen molar-refractivity contribution < 1.29 is 9.21 Å². The summed E-state index contributed by atoms with van der Waals surface area (Å²) < 4.78 is 5.56. The van der Waals surface area contributed by atoms with Gasteiger partial charge in [0.1, 0.15) is 5.52 Å². The van der Waals surface area contributed by atoms with Crippen molar-refractivity contribution in [3.05, 3.63) is 58.1 Å². The largest absolute Gasteiger partial charge is 0.431 e. The van der Waals surface area contributed by atoms with Gasteiger partial charge < -0.3 is 9.73 Å². The highest BCUT2D eigenvalue weighted by atomic mass is 35.5. The predicted molar refractivity (Wildman–Crippen MR) is 97.9 cm³/mol. The molecular weight excluding hydrogens is 367 g/mol. The number of amides is 1. The topological polar surface area (TPSA) is 55.1 Å². The zero-order valence-electron chi connectivity index (χ0n) is 12.6. The lowest BCUT2D eigenvalue weighted by atomic mass is 10.1. The van der Waals surface area contributed by atoms with E-state index in [1.807, 2.05) is 24.3 Å². The molecule has 1 N–H and O–H groups in total. The first-order valence-electron chi connectivity index (χ1n) is 7.30. The Morgan fingerprint density at radius 1 is 1.12 bits per heavy atom. The van der Waals surface area contributed by atoms with Gasteiger partial charge in [-0.25, -0.2) is 4.98 Å². The number of aromatic nitrogens is 1. The maximum absolute atomic E-state index is 11.9. The van der Waals surface area contributed by atoms with Gasteiger partial charge in [-0.15, -0.1) is 0 Å². The summed E-state index contributed by atoms with van der Waals surface area (Å²) in [5.74, 6) is 0.190. The Hall–Kier alpha value is -1.69. The van der Waals surface area contributed by atoms with Gasteiger partial charge in [-0.1, -0.05) is 47.1 Å². The lowest BCUT2D eigenvalue weighted by Gasteiger charge is -2.04. The van der Waals surface area contributed by atoms with Crippen LogP contribution in [0.2, 0.25) is 10.0 Å². The van der Waals surface area contributed by atoms with E-state index < -0.39 is 0 Å². The molecule has 3 rings (SSSR count). The number of nitrogens with zero attached hydrogens (tertiary/aromatic N) is 1. The van der Waals surface area contributed by atoms with Gasteiger partial charge in [0.25, 0.3) is 5.22 Å². The Bertz CT molecular complexity index is 849. The number of hydrogen-bond donors (Lipinski definition) is 1. The molecule has 0 aliphatic heterocycles. The van der Waals surface area contributed by atoms with E-state index in [2.05, 4.69) is 10.3 Å². The van der Waals surface area contributed by atoms with Crippen molar-refractivity contribution in [1.82, 2.24) is 10.3 Å². The number of rotatable bonds is 6. The minimum Gasteiger partial charge on any atom is -0.431 e. The quantitative estimate of drug-likeness (QED) is 0.635. The van der Waals surface area contributed by atoms with E-state index in [0.717, 1.165) is 17.5 Å². The molecule has 7 heteroatoms. The molecule has 0 fully saturated rings. The molecule has 0 unspecified atom stereocenters. The van der Waals surface area contributed by atoms with Crippen LogP contribution < -0.4 is 5.32 Å². The third kappa shape index (κ3) is 4.66. The highest BCUT2D eigenvalue weighted by molar-refractivity contribution is 7.99. The third-order valence-electron chi connectivity index (χ3n) is 3.31. The smallest absolute Gasteiger partial charge is 0.257 e. The zero-order chi connectivity index (χ0) is 16.9. The number of carbonyl (C=O) groups is 1. The molecule has 124 valence electrons. The molecule has 24 heavy (non-hydrogen) atoms. The van der Waals surface area contributed by atoms with E-state index in [4.69, 9.17) is 27.6 Å². The van der Waals surface area contributed by atoms with Crippen molar-refractivity contribution in [2.45, 2.75) is 11.6 Å². The highest BCUT2D eigenvalue weighted by Gasteiger charge is 2.09. The summed E-state index contributed by atoms with van der Waals surface area (Å²) in [5, 5.41) is 4.63. The lowest BCUT2D eigenvalue weighted by Crippen LogP contribution is -2.27. The fourth-order valence-electron chi connectivity index (χ4n) is 2.11. The summed E-state index contributed by atoms with van der Waals surface area (Å²) in [4.78, 5) is 16.2. The molecular formula is C17H14Cl2N2O2S. The van der Waals surface area contributed by atoms with Gasteiger partial charge in [0.05, 0.1) is 5.75 Å². The molecule has 0 saturated carbocycles. The van der Waals surface area contributed by atoms with Crippen LogP contribution in [-0.2, 0) is 11.2 Å². The van der Waals surface area contributed by atoms with Crippen LogP contribution in [0.4, 0.5) is 0 Å². The van der Waals surface area contributed by atoms with Crippen LogP contribution in [0.3, 0.4) is 0 Å². The van der Waals surface area contributed by atoms with Gasteiger partial charge in [-0.3, -0.25) is 4.79 Å². The van der Waals surface area contributed by atoms with Crippen LogP contribution in [-0.4, -0.2) is 23.2 Å². The molecule has 4 nitrogen and oxygen atoms in total. The van der Waals surface area contributed by atoms with Crippen molar-refractivity contribution in [2.75, 3.05) is 12.3 Å². The van der Waals surface area contributed by atoms with Gasteiger partial charge in [0, 0.05) is 22.7 Å². The molecule has 1 aromatic heterocycles. The van der Waals surface area contributed by atoms with E-state index in [1.165, 1.54) is 11.8 Å².